The molecule has 0 bridgehead atoms. The van der Waals surface area contributed by atoms with E-state index in [-0.39, 0.29) is 18.4 Å². The molecule has 1 rings (SSSR count). The molecule has 0 spiro atoms. The van der Waals surface area contributed by atoms with Crippen LogP contribution in [0.5, 0.6) is 0 Å². The first-order valence-corrected chi connectivity index (χ1v) is 7.56. The Morgan fingerprint density at radius 2 is 1.67 bits per heavy atom. The van der Waals surface area contributed by atoms with E-state index in [9.17, 15) is 9.59 Å². The van der Waals surface area contributed by atoms with Gasteiger partial charge in [-0.05, 0) is 31.2 Å². The number of carbonyl (C=O) groups is 2. The molecule has 3 N–H and O–H groups in total. The zero-order valence-electron chi connectivity index (χ0n) is 12.9. The number of hydrogen-bond acceptors (Lipinski definition) is 3. The van der Waals surface area contributed by atoms with Crippen molar-refractivity contribution in [1.82, 2.24) is 5.32 Å². The molecular formula is C16H25N3O2. The SMILES string of the molecule is CCCCCC(=O)Nc1cccc(NC(=O)CNCC)c1. The van der Waals surface area contributed by atoms with Gasteiger partial charge in [0.1, 0.15) is 0 Å². The fourth-order valence-electron chi connectivity index (χ4n) is 1.88. The van der Waals surface area contributed by atoms with Gasteiger partial charge in [-0.1, -0.05) is 32.8 Å². The van der Waals surface area contributed by atoms with Crippen molar-refractivity contribution in [3.8, 4) is 0 Å². The summed E-state index contributed by atoms with van der Waals surface area (Å²) in [6.07, 6.45) is 3.60. The standard InChI is InChI=1S/C16H25N3O2/c1-3-5-6-10-15(20)18-13-8-7-9-14(11-13)19-16(21)12-17-4-2/h7-9,11,17H,3-6,10,12H2,1-2H3,(H,18,20)(H,19,21). The van der Waals surface area contributed by atoms with Gasteiger partial charge in [-0.15, -0.1) is 0 Å². The van der Waals surface area contributed by atoms with Crippen LogP contribution >= 0.6 is 0 Å². The lowest BCUT2D eigenvalue weighted by molar-refractivity contribution is -0.116. The predicted molar refractivity (Wildman–Crippen MR) is 86.4 cm³/mol. The number of hydrogen-bond donors (Lipinski definition) is 3. The Morgan fingerprint density at radius 3 is 2.29 bits per heavy atom. The van der Waals surface area contributed by atoms with Crippen LogP contribution in [0.2, 0.25) is 0 Å². The lowest BCUT2D eigenvalue weighted by atomic mass is 10.2. The first kappa shape index (κ1) is 17.2. The summed E-state index contributed by atoms with van der Waals surface area (Å²) >= 11 is 0. The minimum Gasteiger partial charge on any atom is -0.326 e. The topological polar surface area (TPSA) is 70.2 Å². The van der Waals surface area contributed by atoms with Crippen LogP contribution in [0.3, 0.4) is 0 Å². The Hall–Kier alpha value is -1.88. The van der Waals surface area contributed by atoms with Crippen molar-refractivity contribution in [2.75, 3.05) is 23.7 Å². The van der Waals surface area contributed by atoms with E-state index in [0.29, 0.717) is 17.8 Å². The number of carbonyl (C=O) groups excluding carboxylic acids is 2. The van der Waals surface area contributed by atoms with Crippen molar-refractivity contribution in [3.05, 3.63) is 24.3 Å². The van der Waals surface area contributed by atoms with Crippen LogP contribution in [0.1, 0.15) is 39.5 Å². The summed E-state index contributed by atoms with van der Waals surface area (Å²) in [5.74, 6) is -0.0807. The van der Waals surface area contributed by atoms with E-state index in [0.717, 1.165) is 25.8 Å². The second-order valence-corrected chi connectivity index (χ2v) is 4.91. The molecule has 0 fully saturated rings. The van der Waals surface area contributed by atoms with Gasteiger partial charge in [-0.2, -0.15) is 0 Å². The fraction of sp³-hybridized carbons (Fsp3) is 0.500. The molecular weight excluding hydrogens is 266 g/mol. The number of nitrogens with one attached hydrogen (secondary N) is 3. The molecule has 0 aliphatic rings. The third-order valence-electron chi connectivity index (χ3n) is 2.97. The summed E-state index contributed by atoms with van der Waals surface area (Å²) in [6.45, 7) is 5.09. The molecule has 21 heavy (non-hydrogen) atoms. The highest BCUT2D eigenvalue weighted by Gasteiger charge is 2.04. The van der Waals surface area contributed by atoms with Crippen LogP contribution in [0.25, 0.3) is 0 Å². The molecule has 5 nitrogen and oxygen atoms in total. The minimum absolute atomic E-state index is 0.0135. The van der Waals surface area contributed by atoms with Gasteiger partial charge in [0.15, 0.2) is 0 Å². The number of benzene rings is 1. The van der Waals surface area contributed by atoms with E-state index in [1.807, 2.05) is 19.1 Å². The number of rotatable bonds is 9. The molecule has 2 amide bonds. The molecule has 0 saturated carbocycles. The summed E-state index contributed by atoms with van der Waals surface area (Å²) in [6, 6.07) is 7.19. The molecule has 0 radical (unpaired) electrons. The van der Waals surface area contributed by atoms with E-state index < -0.39 is 0 Å². The van der Waals surface area contributed by atoms with Crippen LogP contribution in [-0.2, 0) is 9.59 Å². The van der Waals surface area contributed by atoms with Gasteiger partial charge in [-0.3, -0.25) is 9.59 Å². The molecule has 5 heteroatoms. The van der Waals surface area contributed by atoms with Crippen molar-refractivity contribution in [3.63, 3.8) is 0 Å². The van der Waals surface area contributed by atoms with Crippen molar-refractivity contribution >= 4 is 23.2 Å². The van der Waals surface area contributed by atoms with E-state index in [2.05, 4.69) is 22.9 Å². The molecule has 0 saturated heterocycles. The zero-order chi connectivity index (χ0) is 15.5. The third kappa shape index (κ3) is 7.46. The Balaban J connectivity index is 2.48. The van der Waals surface area contributed by atoms with Crippen LogP contribution < -0.4 is 16.0 Å². The van der Waals surface area contributed by atoms with Crippen molar-refractivity contribution in [1.29, 1.82) is 0 Å². The molecule has 0 aliphatic carbocycles. The first-order valence-electron chi connectivity index (χ1n) is 7.56. The summed E-state index contributed by atoms with van der Waals surface area (Å²) in [5, 5.41) is 8.60. The monoisotopic (exact) mass is 291 g/mol. The average molecular weight is 291 g/mol. The van der Waals surface area contributed by atoms with Crippen LogP contribution in [-0.4, -0.2) is 24.9 Å². The predicted octanol–water partition coefficient (Wildman–Crippen LogP) is 2.75. The smallest absolute Gasteiger partial charge is 0.238 e. The number of likely N-dealkylation sites (N-methyl/N-ethyl adjacent to an activating group) is 1. The Labute approximate surface area is 126 Å². The normalized spacial score (nSPS) is 10.2. The molecule has 0 heterocycles. The molecule has 0 aliphatic heterocycles. The lowest BCUT2D eigenvalue weighted by Gasteiger charge is -2.09. The quantitative estimate of drug-likeness (QED) is 0.613. The van der Waals surface area contributed by atoms with Crippen LogP contribution in [0.15, 0.2) is 24.3 Å². The molecule has 0 unspecified atom stereocenters. The highest BCUT2D eigenvalue weighted by molar-refractivity contribution is 5.94. The largest absolute Gasteiger partial charge is 0.326 e. The summed E-state index contributed by atoms with van der Waals surface area (Å²) in [4.78, 5) is 23.4. The highest BCUT2D eigenvalue weighted by atomic mass is 16.2. The summed E-state index contributed by atoms with van der Waals surface area (Å²) < 4.78 is 0. The maximum Gasteiger partial charge on any atom is 0.238 e. The molecule has 0 atom stereocenters. The first-order chi connectivity index (χ1) is 10.2. The number of unbranched alkanes of at least 4 members (excludes halogenated alkanes) is 2. The lowest BCUT2D eigenvalue weighted by Crippen LogP contribution is -2.27. The molecule has 1 aromatic rings. The minimum atomic E-state index is -0.0942. The van der Waals surface area contributed by atoms with Gasteiger partial charge < -0.3 is 16.0 Å². The highest BCUT2D eigenvalue weighted by Crippen LogP contribution is 2.15. The van der Waals surface area contributed by atoms with Crippen molar-refractivity contribution in [2.45, 2.75) is 39.5 Å². The van der Waals surface area contributed by atoms with Gasteiger partial charge in [0.05, 0.1) is 6.54 Å². The Kier molecular flexibility index (Phi) is 8.12. The zero-order valence-corrected chi connectivity index (χ0v) is 12.9. The number of amides is 2. The van der Waals surface area contributed by atoms with Gasteiger partial charge in [-0.25, -0.2) is 0 Å². The second-order valence-electron chi connectivity index (χ2n) is 4.91. The van der Waals surface area contributed by atoms with Crippen LogP contribution in [0.4, 0.5) is 11.4 Å². The fourth-order valence-corrected chi connectivity index (χ4v) is 1.88. The van der Waals surface area contributed by atoms with E-state index >= 15 is 0 Å². The van der Waals surface area contributed by atoms with Gasteiger partial charge in [0.25, 0.3) is 0 Å². The van der Waals surface area contributed by atoms with Gasteiger partial charge in [0.2, 0.25) is 11.8 Å². The molecule has 116 valence electrons. The third-order valence-corrected chi connectivity index (χ3v) is 2.97. The molecule has 0 aromatic heterocycles. The van der Waals surface area contributed by atoms with Gasteiger partial charge in [0, 0.05) is 17.8 Å². The van der Waals surface area contributed by atoms with Gasteiger partial charge >= 0.3 is 0 Å². The Bertz CT molecular complexity index is 461. The summed E-state index contributed by atoms with van der Waals surface area (Å²) in [5.41, 5.74) is 1.39. The van der Waals surface area contributed by atoms with Crippen molar-refractivity contribution < 1.29 is 9.59 Å². The Morgan fingerprint density at radius 1 is 1.00 bits per heavy atom. The molecule has 1 aromatic carbocycles. The van der Waals surface area contributed by atoms with E-state index in [4.69, 9.17) is 0 Å². The second kappa shape index (κ2) is 9.94. The van der Waals surface area contributed by atoms with E-state index in [1.165, 1.54) is 0 Å². The number of anilines is 2. The van der Waals surface area contributed by atoms with E-state index in [1.54, 1.807) is 12.1 Å². The van der Waals surface area contributed by atoms with Crippen LogP contribution in [0, 0.1) is 0 Å². The average Bonchev–Trinajstić information content (AvgIpc) is 2.45. The maximum atomic E-state index is 11.8. The summed E-state index contributed by atoms with van der Waals surface area (Å²) in [7, 11) is 0. The maximum absolute atomic E-state index is 11.8. The van der Waals surface area contributed by atoms with Crippen molar-refractivity contribution in [2.24, 2.45) is 0 Å².